The van der Waals surface area contributed by atoms with Crippen LogP contribution in [-0.2, 0) is 23.2 Å². The van der Waals surface area contributed by atoms with Crippen LogP contribution in [0.3, 0.4) is 0 Å². The van der Waals surface area contributed by atoms with E-state index in [0.29, 0.717) is 11.4 Å². The predicted molar refractivity (Wildman–Crippen MR) is 225 cm³/mol. The number of pyridine rings is 1. The molecule has 0 radical (unpaired) electrons. The number of rotatable bonds is 12. The van der Waals surface area contributed by atoms with Gasteiger partial charge in [0.1, 0.15) is 29.4 Å². The summed E-state index contributed by atoms with van der Waals surface area (Å²) in [5, 5.41) is 11.2. The van der Waals surface area contributed by atoms with Crippen LogP contribution < -0.4 is 15.0 Å². The fourth-order valence-electron chi connectivity index (χ4n) is 6.27. The summed E-state index contributed by atoms with van der Waals surface area (Å²) in [5.74, 6) is 2.27. The molecule has 4 aromatic rings. The Morgan fingerprint density at radius 3 is 2.11 bits per heavy atom. The van der Waals surface area contributed by atoms with Crippen molar-refractivity contribution in [1.82, 2.24) is 19.4 Å². The monoisotopic (exact) mass is 769 g/mol. The summed E-state index contributed by atoms with van der Waals surface area (Å²) < 4.78 is 13.1. The van der Waals surface area contributed by atoms with Crippen molar-refractivity contribution < 1.29 is 19.1 Å². The number of Topliss-reactive ketones (excluding diaryl/α,β-unsaturated/α-hetero) is 1. The van der Waals surface area contributed by atoms with E-state index in [1.807, 2.05) is 32.9 Å². The third-order valence-corrected chi connectivity index (χ3v) is 10.4. The molecule has 1 unspecified atom stereocenters. The first-order valence-electron chi connectivity index (χ1n) is 18.7. The molecule has 0 saturated carbocycles. The van der Waals surface area contributed by atoms with Crippen LogP contribution in [0.25, 0.3) is 17.2 Å². The van der Waals surface area contributed by atoms with Crippen molar-refractivity contribution >= 4 is 30.0 Å². The number of methoxy groups -OCH3 is 2. The number of hydrogen-bond acceptors (Lipinski definition) is 10. The van der Waals surface area contributed by atoms with Crippen LogP contribution in [0.1, 0.15) is 79.6 Å². The largest absolute Gasteiger partial charge is 0.496 e. The first kappa shape index (κ1) is 46.3. The van der Waals surface area contributed by atoms with Gasteiger partial charge in [-0.25, -0.2) is 4.98 Å². The summed E-state index contributed by atoms with van der Waals surface area (Å²) in [7, 11) is 7.34. The van der Waals surface area contributed by atoms with E-state index in [0.717, 1.165) is 78.0 Å². The average Bonchev–Trinajstić information content (AvgIpc) is 3.75. The van der Waals surface area contributed by atoms with E-state index in [1.54, 1.807) is 44.3 Å². The molecule has 10 nitrogen and oxygen atoms in total. The van der Waals surface area contributed by atoms with Gasteiger partial charge in [0.05, 0.1) is 25.4 Å². The van der Waals surface area contributed by atoms with Crippen molar-refractivity contribution in [2.24, 2.45) is 7.05 Å². The number of carbonyl (C=O) groups excluding carboxylic acids is 2. The van der Waals surface area contributed by atoms with Crippen molar-refractivity contribution in [2.75, 3.05) is 47.4 Å². The fourth-order valence-corrected chi connectivity index (χ4v) is 6.84. The van der Waals surface area contributed by atoms with Crippen molar-refractivity contribution in [3.8, 4) is 28.7 Å². The number of nitriles is 1. The minimum atomic E-state index is -0.141. The Labute approximate surface area is 332 Å². The second kappa shape index (κ2) is 24.5. The number of nitrogens with zero attached hydrogens (tertiary/aromatic N) is 5. The molecule has 2 aromatic carbocycles. The Bertz CT molecular complexity index is 1870. The number of allylic oxidation sites excluding steroid dienone is 1. The Hall–Kier alpha value is -4.89. The first-order valence-corrected chi connectivity index (χ1v) is 19.6. The maximum absolute atomic E-state index is 12.2. The van der Waals surface area contributed by atoms with Crippen molar-refractivity contribution in [3.05, 3.63) is 103 Å². The summed E-state index contributed by atoms with van der Waals surface area (Å²) in [6.07, 6.45) is 9.27. The van der Waals surface area contributed by atoms with Gasteiger partial charge in [-0.1, -0.05) is 57.5 Å². The molecule has 55 heavy (non-hydrogen) atoms. The summed E-state index contributed by atoms with van der Waals surface area (Å²) >= 11 is 1.40. The van der Waals surface area contributed by atoms with Crippen molar-refractivity contribution in [2.45, 2.75) is 72.8 Å². The molecule has 0 amide bonds. The van der Waals surface area contributed by atoms with Gasteiger partial charge in [0.15, 0.2) is 5.78 Å². The molecule has 0 bridgehead atoms. The van der Waals surface area contributed by atoms with Crippen LogP contribution in [0.2, 0.25) is 0 Å². The zero-order valence-electron chi connectivity index (χ0n) is 34.2. The summed E-state index contributed by atoms with van der Waals surface area (Å²) in [5.41, 5.74) is 6.54. The summed E-state index contributed by atoms with van der Waals surface area (Å²) in [6.45, 7) is 17.1. The standard InChI is InChI=1S/C22H31N3O3.C12H18.C9H8N2OS.CH2O/c1-15-16(2)22(26)24(4)13-18(15)17-11-20(27-5)19(21(12-17)28-6)14-25-9-7-23(3)8-10-25;1-3-8-11(4-2)12-9-6-5-7-10-12;1-2-8(12)7(6-10)5-9-11-3-4-13-9;1-2/h11-13H,7-10,14H2,1-6H3;5-7,9-11H,3-4,8H2,1-2H3;3-5H,2H2,1H3;1H2/b;;7-5+;. The van der Waals surface area contributed by atoms with E-state index >= 15 is 0 Å². The molecule has 5 rings (SSSR count). The molecule has 2 aromatic heterocycles. The number of aryl methyl sites for hydroxylation is 1. The lowest BCUT2D eigenvalue weighted by molar-refractivity contribution is -0.114. The molecule has 0 aliphatic carbocycles. The van der Waals surface area contributed by atoms with Crippen LogP contribution in [-0.4, -0.2) is 79.4 Å². The van der Waals surface area contributed by atoms with Crippen LogP contribution in [0.5, 0.6) is 11.5 Å². The molecule has 296 valence electrons. The second-order valence-electron chi connectivity index (χ2n) is 13.3. The number of carbonyl (C=O) groups is 2. The zero-order valence-corrected chi connectivity index (χ0v) is 35.0. The molecule has 1 aliphatic rings. The van der Waals surface area contributed by atoms with Crippen LogP contribution in [0, 0.1) is 25.2 Å². The molecule has 3 heterocycles. The number of piperazine rings is 1. The number of thiazole rings is 1. The highest BCUT2D eigenvalue weighted by Crippen LogP contribution is 2.37. The Kier molecular flexibility index (Phi) is 20.6. The van der Waals surface area contributed by atoms with Gasteiger partial charge in [0.2, 0.25) is 0 Å². The lowest BCUT2D eigenvalue weighted by Gasteiger charge is -2.33. The predicted octanol–water partition coefficient (Wildman–Crippen LogP) is 8.26. The molecule has 1 aliphatic heterocycles. The lowest BCUT2D eigenvalue weighted by atomic mass is 9.92. The fraction of sp³-hybridized carbons (Fsp3) is 0.432. The smallest absolute Gasteiger partial charge is 0.253 e. The Balaban J connectivity index is 0.000000321. The maximum atomic E-state index is 12.2. The summed E-state index contributed by atoms with van der Waals surface area (Å²) in [4.78, 5) is 40.1. The average molecular weight is 770 g/mol. The minimum absolute atomic E-state index is 0.0341. The Morgan fingerprint density at radius 1 is 1.00 bits per heavy atom. The molecular weight excluding hydrogens is 711 g/mol. The molecule has 1 saturated heterocycles. The van der Waals surface area contributed by atoms with Gasteiger partial charge >= 0.3 is 0 Å². The SMILES string of the molecule is C=O.CCC(=O)/C(C#N)=C/c1nccs1.CCCC(CC)c1ccccc1.COc1cc(-c2cn(C)c(=O)c(C)c2C)cc(OC)c1CN1CCN(C)CC1. The number of ketones is 1. The molecule has 0 N–H and O–H groups in total. The first-order chi connectivity index (χ1) is 26.5. The van der Waals surface area contributed by atoms with Gasteiger partial charge in [-0.2, -0.15) is 5.26 Å². The topological polar surface area (TPSA) is 118 Å². The van der Waals surface area contributed by atoms with Crippen molar-refractivity contribution in [3.63, 3.8) is 0 Å². The number of ether oxygens (including phenoxy) is 2. The molecular formula is C44H59N5O5S. The number of hydrogen-bond donors (Lipinski definition) is 0. The van der Waals surface area contributed by atoms with Gasteiger partial charge in [-0.3, -0.25) is 14.5 Å². The molecule has 11 heteroatoms. The normalized spacial score (nSPS) is 13.4. The van der Waals surface area contributed by atoms with E-state index in [2.05, 4.69) is 78.1 Å². The highest BCUT2D eigenvalue weighted by atomic mass is 32.1. The number of likely N-dealkylation sites (N-methyl/N-ethyl adjacent to an activating group) is 1. The number of aromatic nitrogens is 2. The van der Waals surface area contributed by atoms with Crippen LogP contribution in [0.4, 0.5) is 0 Å². The van der Waals surface area contributed by atoms with Gasteiger partial charge in [-0.15, -0.1) is 11.3 Å². The second-order valence-corrected chi connectivity index (χ2v) is 14.2. The van der Waals surface area contributed by atoms with Crippen LogP contribution in [0.15, 0.2) is 70.6 Å². The highest BCUT2D eigenvalue weighted by molar-refractivity contribution is 7.10. The maximum Gasteiger partial charge on any atom is 0.253 e. The third-order valence-electron chi connectivity index (χ3n) is 9.69. The minimum Gasteiger partial charge on any atom is -0.496 e. The Morgan fingerprint density at radius 2 is 1.62 bits per heavy atom. The summed E-state index contributed by atoms with van der Waals surface area (Å²) in [6, 6.07) is 16.8. The van der Waals surface area contributed by atoms with E-state index < -0.39 is 0 Å². The van der Waals surface area contributed by atoms with E-state index in [9.17, 15) is 9.59 Å². The van der Waals surface area contributed by atoms with Gasteiger partial charge in [-0.05, 0) is 74.6 Å². The third kappa shape index (κ3) is 13.7. The highest BCUT2D eigenvalue weighted by Gasteiger charge is 2.21. The van der Waals surface area contributed by atoms with Gasteiger partial charge < -0.3 is 23.7 Å². The molecule has 0 spiro atoms. The van der Waals surface area contributed by atoms with Gasteiger partial charge in [0, 0.05) is 75.1 Å². The van der Waals surface area contributed by atoms with E-state index in [-0.39, 0.29) is 16.9 Å². The van der Waals surface area contributed by atoms with E-state index in [1.165, 1.54) is 42.2 Å². The van der Waals surface area contributed by atoms with Crippen LogP contribution >= 0.6 is 11.3 Å². The van der Waals surface area contributed by atoms with Crippen molar-refractivity contribution in [1.29, 1.82) is 5.26 Å². The van der Waals surface area contributed by atoms with Gasteiger partial charge in [0.25, 0.3) is 5.56 Å². The van der Waals surface area contributed by atoms with E-state index in [4.69, 9.17) is 19.5 Å². The lowest BCUT2D eigenvalue weighted by Crippen LogP contribution is -2.43. The zero-order chi connectivity index (χ0) is 40.9. The number of benzene rings is 2. The molecule has 1 fully saturated rings. The molecule has 1 atom stereocenters. The quantitative estimate of drug-likeness (QED) is 0.104.